The lowest BCUT2D eigenvalue weighted by Crippen LogP contribution is -2.16. The van der Waals surface area contributed by atoms with E-state index in [0.717, 1.165) is 13.0 Å². The third-order valence-corrected chi connectivity index (χ3v) is 3.01. The van der Waals surface area contributed by atoms with Crippen molar-refractivity contribution in [2.24, 2.45) is 0 Å². The molecule has 3 N–H and O–H groups in total. The fourth-order valence-corrected chi connectivity index (χ4v) is 1.75. The number of hydrogen-bond donors (Lipinski definition) is 3. The molecule has 0 aromatic heterocycles. The van der Waals surface area contributed by atoms with Gasteiger partial charge in [0.05, 0.1) is 10.7 Å². The largest absolute Gasteiger partial charge is 0.326 e. The monoisotopic (exact) mass is 297 g/mol. The molecular formula is C14H20ClN3O2. The highest BCUT2D eigenvalue weighted by atomic mass is 35.5. The van der Waals surface area contributed by atoms with E-state index in [4.69, 9.17) is 11.6 Å². The molecule has 0 aliphatic carbocycles. The molecule has 5 nitrogen and oxygen atoms in total. The lowest BCUT2D eigenvalue weighted by atomic mass is 10.2. The Balaban J connectivity index is 2.66. The topological polar surface area (TPSA) is 70.2 Å². The number of benzene rings is 1. The van der Waals surface area contributed by atoms with Gasteiger partial charge in [0.2, 0.25) is 11.8 Å². The third-order valence-electron chi connectivity index (χ3n) is 2.68. The van der Waals surface area contributed by atoms with E-state index in [1.54, 1.807) is 25.1 Å². The van der Waals surface area contributed by atoms with Gasteiger partial charge in [0, 0.05) is 18.5 Å². The molecule has 1 aromatic carbocycles. The van der Waals surface area contributed by atoms with E-state index in [1.165, 1.54) is 0 Å². The summed E-state index contributed by atoms with van der Waals surface area (Å²) in [6.07, 6.45) is 1.57. The molecule has 1 rings (SSSR count). The molecule has 20 heavy (non-hydrogen) atoms. The molecule has 0 aliphatic heterocycles. The highest BCUT2D eigenvalue weighted by Crippen LogP contribution is 2.25. The predicted octanol–water partition coefficient (Wildman–Crippen LogP) is 2.63. The van der Waals surface area contributed by atoms with Crippen LogP contribution in [0, 0.1) is 0 Å². The summed E-state index contributed by atoms with van der Waals surface area (Å²) in [4.78, 5) is 23.1. The number of amides is 2. The molecule has 0 saturated carbocycles. The Hall–Kier alpha value is -1.59. The predicted molar refractivity (Wildman–Crippen MR) is 82.2 cm³/mol. The summed E-state index contributed by atoms with van der Waals surface area (Å²) in [5, 5.41) is 8.90. The SMILES string of the molecule is CCC(=O)Nc1ccc(Cl)c(NC(=O)CCCNC)c1. The smallest absolute Gasteiger partial charge is 0.224 e. The summed E-state index contributed by atoms with van der Waals surface area (Å²) in [7, 11) is 1.84. The Morgan fingerprint density at radius 2 is 1.95 bits per heavy atom. The molecule has 0 fully saturated rings. The Bertz CT molecular complexity index is 477. The van der Waals surface area contributed by atoms with E-state index in [0.29, 0.717) is 29.2 Å². The van der Waals surface area contributed by atoms with Crippen molar-refractivity contribution in [3.63, 3.8) is 0 Å². The van der Waals surface area contributed by atoms with Crippen molar-refractivity contribution in [3.05, 3.63) is 23.2 Å². The van der Waals surface area contributed by atoms with Gasteiger partial charge >= 0.3 is 0 Å². The second-order valence-corrected chi connectivity index (χ2v) is 4.76. The highest BCUT2D eigenvalue weighted by Gasteiger charge is 2.08. The Kier molecular flexibility index (Phi) is 7.04. The summed E-state index contributed by atoms with van der Waals surface area (Å²) in [6.45, 7) is 2.56. The minimum Gasteiger partial charge on any atom is -0.326 e. The van der Waals surface area contributed by atoms with Gasteiger partial charge in [0.1, 0.15) is 0 Å². The van der Waals surface area contributed by atoms with Gasteiger partial charge in [0.25, 0.3) is 0 Å². The van der Waals surface area contributed by atoms with Crippen molar-refractivity contribution in [1.82, 2.24) is 5.32 Å². The first kappa shape index (κ1) is 16.5. The first-order chi connectivity index (χ1) is 9.56. The van der Waals surface area contributed by atoms with Crippen LogP contribution in [0.15, 0.2) is 18.2 Å². The zero-order chi connectivity index (χ0) is 15.0. The van der Waals surface area contributed by atoms with Crippen molar-refractivity contribution >= 4 is 34.8 Å². The van der Waals surface area contributed by atoms with Crippen LogP contribution < -0.4 is 16.0 Å². The molecule has 0 radical (unpaired) electrons. The van der Waals surface area contributed by atoms with Crippen molar-refractivity contribution in [2.45, 2.75) is 26.2 Å². The normalized spacial score (nSPS) is 10.2. The number of anilines is 2. The second-order valence-electron chi connectivity index (χ2n) is 4.35. The summed E-state index contributed by atoms with van der Waals surface area (Å²) < 4.78 is 0. The van der Waals surface area contributed by atoms with Gasteiger partial charge in [-0.3, -0.25) is 9.59 Å². The van der Waals surface area contributed by atoms with Gasteiger partial charge in [-0.05, 0) is 38.2 Å². The second kappa shape index (κ2) is 8.55. The third kappa shape index (κ3) is 5.59. The van der Waals surface area contributed by atoms with E-state index < -0.39 is 0 Å². The van der Waals surface area contributed by atoms with Crippen molar-refractivity contribution < 1.29 is 9.59 Å². The molecule has 110 valence electrons. The van der Waals surface area contributed by atoms with Crippen molar-refractivity contribution in [3.8, 4) is 0 Å². The summed E-state index contributed by atoms with van der Waals surface area (Å²) >= 11 is 6.03. The van der Waals surface area contributed by atoms with Crippen LogP contribution in [-0.4, -0.2) is 25.4 Å². The zero-order valence-electron chi connectivity index (χ0n) is 11.8. The number of nitrogens with one attached hydrogen (secondary N) is 3. The van der Waals surface area contributed by atoms with Crippen LogP contribution in [-0.2, 0) is 9.59 Å². The van der Waals surface area contributed by atoms with E-state index in [2.05, 4.69) is 16.0 Å². The average Bonchev–Trinajstić information content (AvgIpc) is 2.42. The number of carbonyl (C=O) groups is 2. The van der Waals surface area contributed by atoms with Crippen LogP contribution in [0.25, 0.3) is 0 Å². The fraction of sp³-hybridized carbons (Fsp3) is 0.429. The first-order valence-electron chi connectivity index (χ1n) is 6.60. The van der Waals surface area contributed by atoms with Gasteiger partial charge in [-0.15, -0.1) is 0 Å². The molecule has 0 bridgehead atoms. The van der Waals surface area contributed by atoms with E-state index in [1.807, 2.05) is 7.05 Å². The maximum Gasteiger partial charge on any atom is 0.224 e. The standard InChI is InChI=1S/C14H20ClN3O2/c1-3-13(19)17-10-6-7-11(15)12(9-10)18-14(20)5-4-8-16-2/h6-7,9,16H,3-5,8H2,1-2H3,(H,17,19)(H,18,20). The Morgan fingerprint density at radius 3 is 2.60 bits per heavy atom. The van der Waals surface area contributed by atoms with Crippen molar-refractivity contribution in [2.75, 3.05) is 24.2 Å². The van der Waals surface area contributed by atoms with Gasteiger partial charge in [0.15, 0.2) is 0 Å². The molecule has 2 amide bonds. The molecule has 1 aromatic rings. The molecular weight excluding hydrogens is 278 g/mol. The van der Waals surface area contributed by atoms with Crippen LogP contribution in [0.4, 0.5) is 11.4 Å². The maximum absolute atomic E-state index is 11.7. The molecule has 0 aliphatic rings. The molecule has 0 unspecified atom stereocenters. The first-order valence-corrected chi connectivity index (χ1v) is 6.98. The Morgan fingerprint density at radius 1 is 1.20 bits per heavy atom. The Labute approximate surface area is 124 Å². The fourth-order valence-electron chi connectivity index (χ4n) is 1.59. The summed E-state index contributed by atoms with van der Waals surface area (Å²) in [5.41, 5.74) is 1.13. The number of hydrogen-bond acceptors (Lipinski definition) is 3. The zero-order valence-corrected chi connectivity index (χ0v) is 12.5. The summed E-state index contributed by atoms with van der Waals surface area (Å²) in [6, 6.07) is 5.01. The number of carbonyl (C=O) groups excluding carboxylic acids is 2. The molecule has 0 spiro atoms. The molecule has 6 heteroatoms. The number of halogens is 1. The quantitative estimate of drug-likeness (QED) is 0.678. The maximum atomic E-state index is 11.7. The lowest BCUT2D eigenvalue weighted by molar-refractivity contribution is -0.116. The van der Waals surface area contributed by atoms with E-state index >= 15 is 0 Å². The van der Waals surface area contributed by atoms with Crippen LogP contribution in [0.2, 0.25) is 5.02 Å². The summed E-state index contributed by atoms with van der Waals surface area (Å²) in [5.74, 6) is -0.181. The van der Waals surface area contributed by atoms with Crippen LogP contribution >= 0.6 is 11.6 Å². The van der Waals surface area contributed by atoms with Gasteiger partial charge in [-0.2, -0.15) is 0 Å². The van der Waals surface area contributed by atoms with Crippen LogP contribution in [0.5, 0.6) is 0 Å². The van der Waals surface area contributed by atoms with Crippen LogP contribution in [0.1, 0.15) is 26.2 Å². The van der Waals surface area contributed by atoms with Gasteiger partial charge < -0.3 is 16.0 Å². The van der Waals surface area contributed by atoms with Gasteiger partial charge in [-0.25, -0.2) is 0 Å². The van der Waals surface area contributed by atoms with Gasteiger partial charge in [-0.1, -0.05) is 18.5 Å². The van der Waals surface area contributed by atoms with E-state index in [-0.39, 0.29) is 11.8 Å². The highest BCUT2D eigenvalue weighted by molar-refractivity contribution is 6.33. The van der Waals surface area contributed by atoms with E-state index in [9.17, 15) is 9.59 Å². The van der Waals surface area contributed by atoms with Crippen LogP contribution in [0.3, 0.4) is 0 Å². The van der Waals surface area contributed by atoms with Crippen molar-refractivity contribution in [1.29, 1.82) is 0 Å². The minimum absolute atomic E-state index is 0.0846. The molecule has 0 atom stereocenters. The molecule has 0 saturated heterocycles. The number of rotatable bonds is 7. The average molecular weight is 298 g/mol. The lowest BCUT2D eigenvalue weighted by Gasteiger charge is -2.10. The minimum atomic E-state index is -0.0962. The molecule has 0 heterocycles.